The molecule has 0 spiro atoms. The Balaban J connectivity index is 2.03. The van der Waals surface area contributed by atoms with Gasteiger partial charge in [0.25, 0.3) is 10.0 Å². The van der Waals surface area contributed by atoms with Crippen molar-refractivity contribution in [1.29, 1.82) is 0 Å². The van der Waals surface area contributed by atoms with E-state index in [4.69, 9.17) is 0 Å². The summed E-state index contributed by atoms with van der Waals surface area (Å²) in [7, 11) is -3.70. The smallest absolute Gasteiger partial charge is 0.276 e. The molecule has 0 saturated carbocycles. The summed E-state index contributed by atoms with van der Waals surface area (Å²) in [5, 5.41) is 6.38. The van der Waals surface area contributed by atoms with Crippen molar-refractivity contribution in [2.75, 3.05) is 5.32 Å². The Morgan fingerprint density at radius 3 is 2.26 bits per heavy atom. The van der Waals surface area contributed by atoms with Crippen molar-refractivity contribution < 1.29 is 13.2 Å². The monoisotopic (exact) mass is 395 g/mol. The van der Waals surface area contributed by atoms with Gasteiger partial charge in [-0.15, -0.1) is 0 Å². The third kappa shape index (κ3) is 5.19. The highest BCUT2D eigenvalue weighted by atomic mass is 79.9. The lowest BCUT2D eigenvalue weighted by Crippen LogP contribution is -2.18. The quantitative estimate of drug-likeness (QED) is 0.602. The van der Waals surface area contributed by atoms with Gasteiger partial charge in [0.2, 0.25) is 5.91 Å². The number of hydrogen-bond donors (Lipinski definition) is 2. The molecule has 0 unspecified atom stereocenters. The summed E-state index contributed by atoms with van der Waals surface area (Å²) < 4.78 is 24.8. The Morgan fingerprint density at radius 1 is 1.09 bits per heavy atom. The molecule has 8 heteroatoms. The Morgan fingerprint density at radius 2 is 1.70 bits per heavy atom. The fourth-order valence-electron chi connectivity index (χ4n) is 1.69. The maximum absolute atomic E-state index is 12.0. The van der Waals surface area contributed by atoms with Gasteiger partial charge in [-0.25, -0.2) is 4.83 Å². The van der Waals surface area contributed by atoms with Crippen LogP contribution in [0.25, 0.3) is 0 Å². The van der Waals surface area contributed by atoms with Crippen LogP contribution < -0.4 is 10.1 Å². The van der Waals surface area contributed by atoms with Crippen molar-refractivity contribution in [2.45, 2.75) is 11.8 Å². The van der Waals surface area contributed by atoms with E-state index in [9.17, 15) is 13.2 Å². The number of nitrogens with zero attached hydrogens (tertiary/aromatic N) is 1. The first-order chi connectivity index (χ1) is 10.9. The first kappa shape index (κ1) is 17.2. The van der Waals surface area contributed by atoms with Crippen LogP contribution >= 0.6 is 15.9 Å². The van der Waals surface area contributed by atoms with Gasteiger partial charge in [-0.2, -0.15) is 13.5 Å². The molecule has 2 aromatic carbocycles. The number of sulfonamides is 1. The summed E-state index contributed by atoms with van der Waals surface area (Å²) in [6.07, 6.45) is 1.38. The number of hydrazone groups is 1. The van der Waals surface area contributed by atoms with E-state index in [0.717, 1.165) is 4.47 Å². The molecular weight excluding hydrogens is 382 g/mol. The topological polar surface area (TPSA) is 87.6 Å². The number of nitrogens with one attached hydrogen (secondary N) is 2. The van der Waals surface area contributed by atoms with E-state index in [1.54, 1.807) is 36.4 Å². The fourth-order valence-corrected chi connectivity index (χ4v) is 2.75. The zero-order valence-electron chi connectivity index (χ0n) is 12.2. The maximum Gasteiger partial charge on any atom is 0.276 e. The van der Waals surface area contributed by atoms with E-state index < -0.39 is 10.0 Å². The number of hydrogen-bond acceptors (Lipinski definition) is 4. The minimum absolute atomic E-state index is 0.124. The number of rotatable bonds is 5. The predicted molar refractivity (Wildman–Crippen MR) is 92.8 cm³/mol. The van der Waals surface area contributed by atoms with Crippen LogP contribution in [0.5, 0.6) is 0 Å². The largest absolute Gasteiger partial charge is 0.326 e. The highest BCUT2D eigenvalue weighted by Crippen LogP contribution is 2.14. The van der Waals surface area contributed by atoms with Gasteiger partial charge in [-0.3, -0.25) is 4.79 Å². The van der Waals surface area contributed by atoms with Gasteiger partial charge in [-0.1, -0.05) is 28.1 Å². The van der Waals surface area contributed by atoms with Crippen molar-refractivity contribution in [3.8, 4) is 0 Å². The average Bonchev–Trinajstić information content (AvgIpc) is 2.49. The summed E-state index contributed by atoms with van der Waals surface area (Å²) in [6, 6.07) is 13.1. The van der Waals surface area contributed by atoms with Gasteiger partial charge in [0.1, 0.15) is 0 Å². The molecule has 0 radical (unpaired) electrons. The Hall–Kier alpha value is -2.19. The molecule has 120 valence electrons. The molecule has 2 N–H and O–H groups in total. The second kappa shape index (κ2) is 7.38. The molecule has 2 rings (SSSR count). The molecule has 0 saturated heterocycles. The van der Waals surface area contributed by atoms with E-state index in [1.807, 2.05) is 0 Å². The lowest BCUT2D eigenvalue weighted by atomic mass is 10.2. The van der Waals surface area contributed by atoms with E-state index in [2.05, 4.69) is 31.2 Å². The Kier molecular flexibility index (Phi) is 5.51. The number of halogens is 1. The second-order valence-electron chi connectivity index (χ2n) is 4.61. The number of amides is 1. The van der Waals surface area contributed by atoms with Crippen LogP contribution in [0.15, 0.2) is 63.0 Å². The van der Waals surface area contributed by atoms with Crippen LogP contribution in [0.2, 0.25) is 0 Å². The third-order valence-electron chi connectivity index (χ3n) is 2.74. The summed E-state index contributed by atoms with van der Waals surface area (Å²) in [5.41, 5.74) is 1.35. The van der Waals surface area contributed by atoms with Crippen molar-refractivity contribution >= 4 is 43.8 Å². The van der Waals surface area contributed by atoms with Crippen LogP contribution in [0.1, 0.15) is 12.5 Å². The van der Waals surface area contributed by atoms with Crippen LogP contribution in [0, 0.1) is 0 Å². The molecular formula is C15H14BrN3O3S. The van der Waals surface area contributed by atoms with Crippen molar-refractivity contribution in [3.05, 3.63) is 58.6 Å². The van der Waals surface area contributed by atoms with Gasteiger partial charge in [-0.05, 0) is 42.0 Å². The molecule has 0 bridgehead atoms. The molecule has 0 aliphatic carbocycles. The van der Waals surface area contributed by atoms with Crippen LogP contribution in [0.4, 0.5) is 5.69 Å². The Labute approximate surface area is 142 Å². The molecule has 6 nitrogen and oxygen atoms in total. The van der Waals surface area contributed by atoms with Gasteiger partial charge >= 0.3 is 0 Å². The molecule has 0 aliphatic heterocycles. The van der Waals surface area contributed by atoms with Gasteiger partial charge in [0, 0.05) is 17.1 Å². The van der Waals surface area contributed by atoms with Crippen LogP contribution in [0.3, 0.4) is 0 Å². The van der Waals surface area contributed by atoms with Gasteiger partial charge in [0.05, 0.1) is 11.1 Å². The summed E-state index contributed by atoms with van der Waals surface area (Å²) in [6.45, 7) is 1.42. The summed E-state index contributed by atoms with van der Waals surface area (Å²) in [4.78, 5) is 13.2. The molecule has 1 amide bonds. The molecule has 0 heterocycles. The van der Waals surface area contributed by atoms with E-state index in [-0.39, 0.29) is 10.8 Å². The molecule has 0 aromatic heterocycles. The Bertz CT molecular complexity index is 816. The lowest BCUT2D eigenvalue weighted by Gasteiger charge is -2.04. The number of benzene rings is 2. The number of carbonyl (C=O) groups is 1. The predicted octanol–water partition coefficient (Wildman–Crippen LogP) is 2.72. The van der Waals surface area contributed by atoms with Crippen LogP contribution in [-0.2, 0) is 14.8 Å². The first-order valence-corrected chi connectivity index (χ1v) is 8.82. The molecule has 0 aliphatic rings. The average molecular weight is 396 g/mol. The SMILES string of the molecule is CC(=O)Nc1ccc(/C=N\NS(=O)(=O)c2ccc(Br)cc2)cc1. The standard InChI is InChI=1S/C15H14BrN3O3S/c1-11(20)18-14-6-2-12(3-7-14)10-17-19-23(21,22)15-8-4-13(16)5-9-15/h2-10,19H,1H3,(H,18,20)/b17-10-. The van der Waals surface area contributed by atoms with Gasteiger partial charge < -0.3 is 5.32 Å². The van der Waals surface area contributed by atoms with Crippen molar-refractivity contribution in [2.24, 2.45) is 5.10 Å². The summed E-state index contributed by atoms with van der Waals surface area (Å²) in [5.74, 6) is -0.159. The maximum atomic E-state index is 12.0. The normalized spacial score (nSPS) is 11.4. The van der Waals surface area contributed by atoms with Crippen LogP contribution in [-0.4, -0.2) is 20.5 Å². The van der Waals surface area contributed by atoms with Crippen molar-refractivity contribution in [1.82, 2.24) is 4.83 Å². The molecule has 0 fully saturated rings. The summed E-state index contributed by atoms with van der Waals surface area (Å²) >= 11 is 3.24. The molecule has 2 aromatic rings. The van der Waals surface area contributed by atoms with Gasteiger partial charge in [0.15, 0.2) is 0 Å². The number of carbonyl (C=O) groups excluding carboxylic acids is 1. The van der Waals surface area contributed by atoms with E-state index >= 15 is 0 Å². The number of anilines is 1. The minimum atomic E-state index is -3.70. The van der Waals surface area contributed by atoms with E-state index in [0.29, 0.717) is 11.3 Å². The lowest BCUT2D eigenvalue weighted by molar-refractivity contribution is -0.114. The molecule has 23 heavy (non-hydrogen) atoms. The highest BCUT2D eigenvalue weighted by Gasteiger charge is 2.11. The van der Waals surface area contributed by atoms with E-state index in [1.165, 1.54) is 25.3 Å². The zero-order valence-corrected chi connectivity index (χ0v) is 14.6. The first-order valence-electron chi connectivity index (χ1n) is 6.55. The minimum Gasteiger partial charge on any atom is -0.326 e. The second-order valence-corrected chi connectivity index (χ2v) is 7.19. The zero-order chi connectivity index (χ0) is 16.9. The van der Waals surface area contributed by atoms with Crippen molar-refractivity contribution in [3.63, 3.8) is 0 Å². The molecule has 0 atom stereocenters. The highest BCUT2D eigenvalue weighted by molar-refractivity contribution is 9.10. The fraction of sp³-hybridized carbons (Fsp3) is 0.0667. The third-order valence-corrected chi connectivity index (χ3v) is 4.51.